The fourth-order valence-electron chi connectivity index (χ4n) is 1.77. The van der Waals surface area contributed by atoms with Crippen LogP contribution in [0.5, 0.6) is 0 Å². The van der Waals surface area contributed by atoms with Crippen LogP contribution in [0.3, 0.4) is 0 Å². The minimum Gasteiger partial charge on any atom is -0.261 e. The molecule has 0 bridgehead atoms. The highest BCUT2D eigenvalue weighted by atomic mass is 79.9. The minimum atomic E-state index is 0.491. The molecule has 2 rings (SSSR count). The molecule has 1 aromatic carbocycles. The predicted molar refractivity (Wildman–Crippen MR) is 73.0 cm³/mol. The summed E-state index contributed by atoms with van der Waals surface area (Å²) in [6.45, 7) is 4.45. The van der Waals surface area contributed by atoms with Crippen LogP contribution in [-0.2, 0) is 6.42 Å². The molecule has 1 heterocycles. The van der Waals surface area contributed by atoms with E-state index in [1.165, 1.54) is 16.5 Å². The second-order valence-electron chi connectivity index (χ2n) is 4.44. The number of aromatic nitrogens is 1. The van der Waals surface area contributed by atoms with E-state index in [0.29, 0.717) is 10.7 Å². The zero-order valence-electron chi connectivity index (χ0n) is 9.65. The second-order valence-corrected chi connectivity index (χ2v) is 5.62. The van der Waals surface area contributed by atoms with Crippen molar-refractivity contribution in [1.82, 2.24) is 4.98 Å². The summed E-state index contributed by atoms with van der Waals surface area (Å²) in [5.41, 5.74) is 1.19. The molecule has 0 saturated carbocycles. The maximum absolute atomic E-state index is 4.50. The molecule has 1 unspecified atom stereocenters. The Labute approximate surface area is 105 Å². The molecule has 0 fully saturated rings. The number of pyridine rings is 1. The van der Waals surface area contributed by atoms with Gasteiger partial charge in [-0.2, -0.15) is 0 Å². The Morgan fingerprint density at radius 1 is 1.19 bits per heavy atom. The van der Waals surface area contributed by atoms with E-state index in [1.807, 2.05) is 6.20 Å². The van der Waals surface area contributed by atoms with Gasteiger partial charge in [0.1, 0.15) is 0 Å². The zero-order chi connectivity index (χ0) is 11.5. The largest absolute Gasteiger partial charge is 0.261 e. The maximum atomic E-state index is 4.50. The maximum Gasteiger partial charge on any atom is 0.0493 e. The third-order valence-electron chi connectivity index (χ3n) is 2.87. The molecular formula is C14H16BrN. The number of halogens is 1. The van der Waals surface area contributed by atoms with Gasteiger partial charge in [0.25, 0.3) is 0 Å². The number of fused-ring (bicyclic) bond motifs is 1. The molecule has 0 N–H and O–H groups in total. The van der Waals surface area contributed by atoms with Gasteiger partial charge in [0.05, 0.1) is 0 Å². The molecule has 0 amide bonds. The Hall–Kier alpha value is -0.890. The number of rotatable bonds is 3. The van der Waals surface area contributed by atoms with Gasteiger partial charge in [-0.25, -0.2) is 0 Å². The van der Waals surface area contributed by atoms with Crippen molar-refractivity contribution in [2.45, 2.75) is 25.1 Å². The van der Waals surface area contributed by atoms with Crippen molar-refractivity contribution in [3.8, 4) is 0 Å². The highest BCUT2D eigenvalue weighted by Crippen LogP contribution is 2.22. The third-order valence-corrected chi connectivity index (χ3v) is 4.25. The summed E-state index contributed by atoms with van der Waals surface area (Å²) >= 11 is 3.72. The van der Waals surface area contributed by atoms with Crippen LogP contribution in [0.1, 0.15) is 19.5 Å². The molecule has 0 aliphatic carbocycles. The van der Waals surface area contributed by atoms with E-state index in [9.17, 15) is 0 Å². The van der Waals surface area contributed by atoms with Crippen molar-refractivity contribution < 1.29 is 0 Å². The Kier molecular flexibility index (Phi) is 3.59. The molecule has 0 saturated heterocycles. The first kappa shape index (κ1) is 11.6. The molecule has 2 aromatic rings. The first-order chi connectivity index (χ1) is 7.68. The SMILES string of the molecule is CC(C)C(Br)Cc1nccc2ccccc12. The zero-order valence-corrected chi connectivity index (χ0v) is 11.2. The van der Waals surface area contributed by atoms with E-state index in [1.54, 1.807) is 0 Å². The fraction of sp³-hybridized carbons (Fsp3) is 0.357. The molecule has 0 radical (unpaired) electrons. The van der Waals surface area contributed by atoms with E-state index in [2.05, 4.69) is 65.1 Å². The van der Waals surface area contributed by atoms with Crippen LogP contribution >= 0.6 is 15.9 Å². The molecule has 0 spiro atoms. The quantitative estimate of drug-likeness (QED) is 0.767. The van der Waals surface area contributed by atoms with Gasteiger partial charge in [0.15, 0.2) is 0 Å². The molecule has 84 valence electrons. The Balaban J connectivity index is 2.37. The van der Waals surface area contributed by atoms with Crippen LogP contribution in [0, 0.1) is 5.92 Å². The Bertz CT molecular complexity index is 474. The lowest BCUT2D eigenvalue weighted by Crippen LogP contribution is -2.11. The lowest BCUT2D eigenvalue weighted by molar-refractivity contribution is 0.609. The number of benzene rings is 1. The summed E-state index contributed by atoms with van der Waals surface area (Å²) < 4.78 is 0. The van der Waals surface area contributed by atoms with Crippen molar-refractivity contribution in [2.24, 2.45) is 5.92 Å². The molecule has 1 nitrogen and oxygen atoms in total. The average Bonchev–Trinajstić information content (AvgIpc) is 2.29. The summed E-state index contributed by atoms with van der Waals surface area (Å²) in [5.74, 6) is 0.626. The number of nitrogens with zero attached hydrogens (tertiary/aromatic N) is 1. The standard InChI is InChI=1S/C14H16BrN/c1-10(2)13(15)9-14-12-6-4-3-5-11(12)7-8-16-14/h3-8,10,13H,9H2,1-2H3. The summed E-state index contributed by atoms with van der Waals surface area (Å²) in [6.07, 6.45) is 2.89. The van der Waals surface area contributed by atoms with Crippen molar-refractivity contribution in [3.05, 3.63) is 42.2 Å². The topological polar surface area (TPSA) is 12.9 Å². The number of hydrogen-bond acceptors (Lipinski definition) is 1. The minimum absolute atomic E-state index is 0.491. The van der Waals surface area contributed by atoms with Crippen LogP contribution in [0.15, 0.2) is 36.5 Å². The average molecular weight is 278 g/mol. The first-order valence-corrected chi connectivity index (χ1v) is 6.56. The molecular weight excluding hydrogens is 262 g/mol. The van der Waals surface area contributed by atoms with Crippen molar-refractivity contribution >= 4 is 26.7 Å². The molecule has 0 aliphatic rings. The lowest BCUT2D eigenvalue weighted by atomic mass is 10.0. The lowest BCUT2D eigenvalue weighted by Gasteiger charge is -2.14. The van der Waals surface area contributed by atoms with Crippen LogP contribution in [0.4, 0.5) is 0 Å². The van der Waals surface area contributed by atoms with Gasteiger partial charge in [-0.1, -0.05) is 54.0 Å². The molecule has 2 heteroatoms. The van der Waals surface area contributed by atoms with Gasteiger partial charge < -0.3 is 0 Å². The summed E-state index contributed by atoms with van der Waals surface area (Å²) in [4.78, 5) is 4.99. The van der Waals surface area contributed by atoms with Crippen molar-refractivity contribution in [1.29, 1.82) is 0 Å². The van der Waals surface area contributed by atoms with E-state index in [0.717, 1.165) is 6.42 Å². The van der Waals surface area contributed by atoms with Gasteiger partial charge >= 0.3 is 0 Å². The Morgan fingerprint density at radius 2 is 1.94 bits per heavy atom. The van der Waals surface area contributed by atoms with E-state index in [4.69, 9.17) is 0 Å². The van der Waals surface area contributed by atoms with Gasteiger partial charge in [-0.3, -0.25) is 4.98 Å². The van der Waals surface area contributed by atoms with Gasteiger partial charge in [-0.15, -0.1) is 0 Å². The van der Waals surface area contributed by atoms with Gasteiger partial charge in [-0.05, 0) is 17.4 Å². The summed E-state index contributed by atoms with van der Waals surface area (Å²) in [7, 11) is 0. The smallest absolute Gasteiger partial charge is 0.0493 e. The van der Waals surface area contributed by atoms with Gasteiger partial charge in [0, 0.05) is 28.5 Å². The molecule has 1 atom stereocenters. The second kappa shape index (κ2) is 4.96. The van der Waals surface area contributed by atoms with Crippen LogP contribution in [0.2, 0.25) is 0 Å². The predicted octanol–water partition coefficient (Wildman–Crippen LogP) is 4.20. The van der Waals surface area contributed by atoms with E-state index < -0.39 is 0 Å². The van der Waals surface area contributed by atoms with Crippen molar-refractivity contribution in [2.75, 3.05) is 0 Å². The Morgan fingerprint density at radius 3 is 2.69 bits per heavy atom. The third kappa shape index (κ3) is 2.43. The van der Waals surface area contributed by atoms with Crippen LogP contribution in [-0.4, -0.2) is 9.81 Å². The van der Waals surface area contributed by atoms with E-state index in [-0.39, 0.29) is 0 Å². The highest BCUT2D eigenvalue weighted by molar-refractivity contribution is 9.09. The molecule has 1 aromatic heterocycles. The van der Waals surface area contributed by atoms with Crippen LogP contribution < -0.4 is 0 Å². The van der Waals surface area contributed by atoms with E-state index >= 15 is 0 Å². The number of alkyl halides is 1. The molecule has 16 heavy (non-hydrogen) atoms. The first-order valence-electron chi connectivity index (χ1n) is 5.65. The monoisotopic (exact) mass is 277 g/mol. The number of hydrogen-bond donors (Lipinski definition) is 0. The summed E-state index contributed by atoms with van der Waals surface area (Å²) in [6, 6.07) is 10.5. The normalized spacial score (nSPS) is 13.2. The fourth-order valence-corrected chi connectivity index (χ4v) is 2.07. The summed E-state index contributed by atoms with van der Waals surface area (Å²) in [5, 5.41) is 2.55. The van der Waals surface area contributed by atoms with Gasteiger partial charge in [0.2, 0.25) is 0 Å². The van der Waals surface area contributed by atoms with Crippen LogP contribution in [0.25, 0.3) is 10.8 Å². The van der Waals surface area contributed by atoms with Crippen molar-refractivity contribution in [3.63, 3.8) is 0 Å². The molecule has 0 aliphatic heterocycles. The highest BCUT2D eigenvalue weighted by Gasteiger charge is 2.12.